The first-order valence-corrected chi connectivity index (χ1v) is 7.43. The summed E-state index contributed by atoms with van der Waals surface area (Å²) in [4.78, 5) is 2.25. The van der Waals surface area contributed by atoms with Gasteiger partial charge in [0.25, 0.3) is 0 Å². The number of hydrogen-bond donors (Lipinski definition) is 1. The van der Waals surface area contributed by atoms with Gasteiger partial charge in [0.05, 0.1) is 0 Å². The van der Waals surface area contributed by atoms with E-state index in [-0.39, 0.29) is 6.04 Å². The van der Waals surface area contributed by atoms with Crippen molar-refractivity contribution < 1.29 is 0 Å². The first-order chi connectivity index (χ1) is 8.82. The molecule has 0 fully saturated rings. The van der Waals surface area contributed by atoms with Crippen LogP contribution in [-0.2, 0) is 0 Å². The Morgan fingerprint density at radius 2 is 1.79 bits per heavy atom. The Labute approximate surface area is 127 Å². The zero-order valence-electron chi connectivity index (χ0n) is 12.4. The van der Waals surface area contributed by atoms with E-state index in [1.165, 1.54) is 0 Å². The molecule has 0 aliphatic heterocycles. The third-order valence-corrected chi connectivity index (χ3v) is 4.07. The molecule has 19 heavy (non-hydrogen) atoms. The summed E-state index contributed by atoms with van der Waals surface area (Å²) in [7, 11) is 4.23. The Balaban J connectivity index is 2.69. The van der Waals surface area contributed by atoms with Crippen molar-refractivity contribution in [2.45, 2.75) is 32.9 Å². The van der Waals surface area contributed by atoms with Gasteiger partial charge in [0.2, 0.25) is 0 Å². The number of likely N-dealkylation sites (N-methyl/N-ethyl adjacent to an activating group) is 1. The molecule has 4 heteroatoms. The third-order valence-electron chi connectivity index (χ3n) is 3.49. The molecule has 1 rings (SSSR count). The zero-order chi connectivity index (χ0) is 14.6. The van der Waals surface area contributed by atoms with E-state index in [0.717, 1.165) is 22.2 Å². The highest BCUT2D eigenvalue weighted by Crippen LogP contribution is 2.26. The summed E-state index contributed by atoms with van der Waals surface area (Å²) in [6, 6.07) is 6.29. The predicted molar refractivity (Wildman–Crippen MR) is 85.2 cm³/mol. The molecule has 0 amide bonds. The number of nitrogens with zero attached hydrogens (tertiary/aromatic N) is 1. The lowest BCUT2D eigenvalue weighted by Crippen LogP contribution is -2.42. The van der Waals surface area contributed by atoms with Crippen LogP contribution < -0.4 is 5.32 Å². The van der Waals surface area contributed by atoms with Crippen molar-refractivity contribution in [2.75, 3.05) is 20.6 Å². The summed E-state index contributed by atoms with van der Waals surface area (Å²) in [6.07, 6.45) is 0. The molecule has 1 N–H and O–H groups in total. The molecular formula is C15H24Cl2N2. The summed E-state index contributed by atoms with van der Waals surface area (Å²) in [6.45, 7) is 7.52. The maximum Gasteiger partial charge on any atom is 0.0454 e. The van der Waals surface area contributed by atoms with Gasteiger partial charge in [0.15, 0.2) is 0 Å². The SMILES string of the molecule is CC(NCC(C(C)C)N(C)C)c1cc(Cl)ccc1Cl. The van der Waals surface area contributed by atoms with Crippen LogP contribution in [0, 0.1) is 5.92 Å². The fourth-order valence-corrected chi connectivity index (χ4v) is 2.73. The lowest BCUT2D eigenvalue weighted by Gasteiger charge is -2.30. The highest BCUT2D eigenvalue weighted by Gasteiger charge is 2.17. The normalized spacial score (nSPS) is 15.0. The molecule has 0 aliphatic carbocycles. The number of benzene rings is 1. The molecule has 2 nitrogen and oxygen atoms in total. The lowest BCUT2D eigenvalue weighted by atomic mass is 10.0. The third kappa shape index (κ3) is 4.96. The smallest absolute Gasteiger partial charge is 0.0454 e. The minimum absolute atomic E-state index is 0.187. The van der Waals surface area contributed by atoms with Gasteiger partial charge in [0, 0.05) is 28.7 Å². The van der Waals surface area contributed by atoms with Crippen LogP contribution >= 0.6 is 23.2 Å². The van der Waals surface area contributed by atoms with Crippen molar-refractivity contribution >= 4 is 23.2 Å². The van der Waals surface area contributed by atoms with Crippen LogP contribution in [0.25, 0.3) is 0 Å². The summed E-state index contributed by atoms with van der Waals surface area (Å²) >= 11 is 12.3. The van der Waals surface area contributed by atoms with Crippen LogP contribution in [-0.4, -0.2) is 31.6 Å². The summed E-state index contributed by atoms with van der Waals surface area (Å²) < 4.78 is 0. The van der Waals surface area contributed by atoms with Gasteiger partial charge in [-0.2, -0.15) is 0 Å². The molecule has 0 radical (unpaired) electrons. The number of halogens is 2. The number of nitrogens with one attached hydrogen (secondary N) is 1. The average Bonchev–Trinajstić information content (AvgIpc) is 2.31. The van der Waals surface area contributed by atoms with Gasteiger partial charge < -0.3 is 10.2 Å². The van der Waals surface area contributed by atoms with Crippen LogP contribution in [0.3, 0.4) is 0 Å². The van der Waals surface area contributed by atoms with Gasteiger partial charge in [-0.25, -0.2) is 0 Å². The maximum atomic E-state index is 6.22. The first-order valence-electron chi connectivity index (χ1n) is 6.67. The highest BCUT2D eigenvalue weighted by atomic mass is 35.5. The molecule has 108 valence electrons. The zero-order valence-corrected chi connectivity index (χ0v) is 13.9. The van der Waals surface area contributed by atoms with E-state index >= 15 is 0 Å². The second kappa shape index (κ2) is 7.49. The van der Waals surface area contributed by atoms with Crippen molar-refractivity contribution in [1.29, 1.82) is 0 Å². The summed E-state index contributed by atoms with van der Waals surface area (Å²) in [5.74, 6) is 0.601. The second-order valence-electron chi connectivity index (χ2n) is 5.57. The number of hydrogen-bond acceptors (Lipinski definition) is 2. The van der Waals surface area contributed by atoms with E-state index in [1.807, 2.05) is 18.2 Å². The molecule has 1 aromatic carbocycles. The average molecular weight is 303 g/mol. The molecule has 2 atom stereocenters. The van der Waals surface area contributed by atoms with E-state index in [9.17, 15) is 0 Å². The second-order valence-corrected chi connectivity index (χ2v) is 6.41. The molecule has 0 aromatic heterocycles. The Bertz CT molecular complexity index is 397. The Morgan fingerprint density at radius 1 is 1.16 bits per heavy atom. The minimum atomic E-state index is 0.187. The molecule has 0 heterocycles. The Morgan fingerprint density at radius 3 is 2.32 bits per heavy atom. The Hall–Kier alpha value is -0.280. The van der Waals surface area contributed by atoms with Gasteiger partial charge in [-0.3, -0.25) is 0 Å². The van der Waals surface area contributed by atoms with Gasteiger partial charge >= 0.3 is 0 Å². The topological polar surface area (TPSA) is 15.3 Å². The van der Waals surface area contributed by atoms with Crippen molar-refractivity contribution in [3.05, 3.63) is 33.8 Å². The van der Waals surface area contributed by atoms with Crippen LogP contribution in [0.2, 0.25) is 10.0 Å². The fraction of sp³-hybridized carbons (Fsp3) is 0.600. The quantitative estimate of drug-likeness (QED) is 0.846. The predicted octanol–water partition coefficient (Wildman–Crippen LogP) is 4.23. The minimum Gasteiger partial charge on any atom is -0.309 e. The van der Waals surface area contributed by atoms with E-state index in [1.54, 1.807) is 0 Å². The fourth-order valence-electron chi connectivity index (χ4n) is 2.27. The van der Waals surface area contributed by atoms with Crippen molar-refractivity contribution in [2.24, 2.45) is 5.92 Å². The molecule has 0 spiro atoms. The van der Waals surface area contributed by atoms with Gasteiger partial charge in [-0.05, 0) is 50.7 Å². The van der Waals surface area contributed by atoms with Crippen molar-refractivity contribution in [3.8, 4) is 0 Å². The Kier molecular flexibility index (Phi) is 6.61. The molecule has 1 aromatic rings. The van der Waals surface area contributed by atoms with Crippen molar-refractivity contribution in [3.63, 3.8) is 0 Å². The van der Waals surface area contributed by atoms with Gasteiger partial charge in [-0.1, -0.05) is 37.0 Å². The van der Waals surface area contributed by atoms with Crippen LogP contribution in [0.4, 0.5) is 0 Å². The molecule has 0 aliphatic rings. The monoisotopic (exact) mass is 302 g/mol. The van der Waals surface area contributed by atoms with Crippen LogP contribution in [0.1, 0.15) is 32.4 Å². The van der Waals surface area contributed by atoms with E-state index in [0.29, 0.717) is 12.0 Å². The van der Waals surface area contributed by atoms with Crippen molar-refractivity contribution in [1.82, 2.24) is 10.2 Å². The molecule has 0 saturated carbocycles. The van der Waals surface area contributed by atoms with Crippen LogP contribution in [0.5, 0.6) is 0 Å². The molecular weight excluding hydrogens is 279 g/mol. The summed E-state index contributed by atoms with van der Waals surface area (Å²) in [5, 5.41) is 5.03. The van der Waals surface area contributed by atoms with Gasteiger partial charge in [0.1, 0.15) is 0 Å². The van der Waals surface area contributed by atoms with Crippen LogP contribution in [0.15, 0.2) is 18.2 Å². The van der Waals surface area contributed by atoms with E-state index in [2.05, 4.69) is 45.1 Å². The number of rotatable bonds is 6. The first kappa shape index (κ1) is 16.8. The van der Waals surface area contributed by atoms with E-state index in [4.69, 9.17) is 23.2 Å². The largest absolute Gasteiger partial charge is 0.309 e. The lowest BCUT2D eigenvalue weighted by molar-refractivity contribution is 0.220. The maximum absolute atomic E-state index is 6.22. The van der Waals surface area contributed by atoms with E-state index < -0.39 is 0 Å². The molecule has 0 bridgehead atoms. The molecule has 0 saturated heterocycles. The molecule has 2 unspecified atom stereocenters. The standard InChI is InChI=1S/C15H24Cl2N2/c1-10(2)15(19(4)5)9-18-11(3)13-8-12(16)6-7-14(13)17/h6-8,10-11,15,18H,9H2,1-5H3. The highest BCUT2D eigenvalue weighted by molar-refractivity contribution is 6.33. The van der Waals surface area contributed by atoms with Gasteiger partial charge in [-0.15, -0.1) is 0 Å². The summed E-state index contributed by atoms with van der Waals surface area (Å²) in [5.41, 5.74) is 1.05.